The lowest BCUT2D eigenvalue weighted by Gasteiger charge is -2.09. The van der Waals surface area contributed by atoms with Gasteiger partial charge in [-0.15, -0.1) is 0 Å². The smallest absolute Gasteiger partial charge is 0.124 e. The Bertz CT molecular complexity index is 610. The Labute approximate surface area is 120 Å². The molecule has 20 heavy (non-hydrogen) atoms. The van der Waals surface area contributed by atoms with Gasteiger partial charge < -0.3 is 5.11 Å². The average molecular weight is 267 g/mol. The van der Waals surface area contributed by atoms with E-state index < -0.39 is 0 Å². The second-order valence-corrected chi connectivity index (χ2v) is 5.64. The van der Waals surface area contributed by atoms with Crippen molar-refractivity contribution in [2.24, 2.45) is 4.99 Å². The molecule has 2 aromatic rings. The van der Waals surface area contributed by atoms with Gasteiger partial charge in [0.25, 0.3) is 0 Å². The zero-order chi connectivity index (χ0) is 13.8. The van der Waals surface area contributed by atoms with Crippen LogP contribution in [0.2, 0.25) is 0 Å². The second-order valence-electron chi connectivity index (χ2n) is 5.64. The molecule has 0 aliphatic heterocycles. The predicted molar refractivity (Wildman–Crippen MR) is 84.7 cm³/mol. The number of hydrogen-bond acceptors (Lipinski definition) is 2. The number of aromatic hydroxyl groups is 1. The average Bonchev–Trinajstić information content (AvgIpc) is 2.75. The van der Waals surface area contributed by atoms with Crippen LogP contribution in [0.15, 0.2) is 41.4 Å². The molecular formula is C18H21NO. The highest BCUT2D eigenvalue weighted by molar-refractivity contribution is 6.02. The van der Waals surface area contributed by atoms with Crippen LogP contribution in [0.1, 0.15) is 44.1 Å². The number of phenolic OH excluding ortho intramolecular Hbond substituents is 1. The maximum absolute atomic E-state index is 10.1. The fraction of sp³-hybridized carbons (Fsp3) is 0.389. The van der Waals surface area contributed by atoms with Gasteiger partial charge in [0.1, 0.15) is 5.75 Å². The van der Waals surface area contributed by atoms with Gasteiger partial charge in [0.2, 0.25) is 0 Å². The summed E-state index contributed by atoms with van der Waals surface area (Å²) in [6, 6.07) is 12.3. The van der Waals surface area contributed by atoms with Gasteiger partial charge in [-0.1, -0.05) is 56.0 Å². The molecule has 1 fully saturated rings. The van der Waals surface area contributed by atoms with Crippen LogP contribution >= 0.6 is 0 Å². The zero-order valence-corrected chi connectivity index (χ0v) is 11.8. The molecule has 2 nitrogen and oxygen atoms in total. The van der Waals surface area contributed by atoms with Crippen LogP contribution in [-0.2, 0) is 0 Å². The van der Waals surface area contributed by atoms with E-state index in [2.05, 4.69) is 6.07 Å². The Hall–Kier alpha value is -1.83. The van der Waals surface area contributed by atoms with Crippen LogP contribution < -0.4 is 0 Å². The van der Waals surface area contributed by atoms with Gasteiger partial charge in [-0.3, -0.25) is 4.99 Å². The van der Waals surface area contributed by atoms with Crippen LogP contribution in [0.3, 0.4) is 0 Å². The van der Waals surface area contributed by atoms with Crippen molar-refractivity contribution in [1.82, 2.24) is 0 Å². The van der Waals surface area contributed by atoms with Crippen molar-refractivity contribution in [2.75, 3.05) is 0 Å². The summed E-state index contributed by atoms with van der Waals surface area (Å²) in [4.78, 5) is 4.74. The second kappa shape index (κ2) is 6.08. The molecule has 2 aromatic carbocycles. The third-order valence-corrected chi connectivity index (χ3v) is 4.19. The number of rotatable bonds is 2. The predicted octanol–water partition coefficient (Wildman–Crippen LogP) is 4.69. The minimum absolute atomic E-state index is 0.320. The summed E-state index contributed by atoms with van der Waals surface area (Å²) in [6.07, 6.45) is 9.49. The molecule has 1 saturated carbocycles. The number of nitrogens with zero attached hydrogens (tertiary/aromatic N) is 1. The van der Waals surface area contributed by atoms with Gasteiger partial charge in [0.05, 0.1) is 0 Å². The van der Waals surface area contributed by atoms with Crippen LogP contribution in [0.5, 0.6) is 5.75 Å². The number of phenols is 1. The van der Waals surface area contributed by atoms with Crippen molar-refractivity contribution in [3.05, 3.63) is 42.0 Å². The standard InChI is InChI=1S/C18H21NO/c20-18-12-11-14-7-5-6-10-16(14)17(18)13-19-15-8-3-1-2-4-9-15/h5-7,10-13,15,20H,1-4,8-9H2. The first kappa shape index (κ1) is 13.2. The molecule has 0 spiro atoms. The van der Waals surface area contributed by atoms with E-state index in [9.17, 15) is 5.11 Å². The van der Waals surface area contributed by atoms with Crippen LogP contribution in [0.4, 0.5) is 0 Å². The third kappa shape index (κ3) is 2.84. The van der Waals surface area contributed by atoms with Crippen molar-refractivity contribution in [3.8, 4) is 5.75 Å². The first-order valence-corrected chi connectivity index (χ1v) is 7.58. The molecule has 1 aliphatic rings. The van der Waals surface area contributed by atoms with E-state index in [0.717, 1.165) is 16.3 Å². The molecular weight excluding hydrogens is 246 g/mol. The summed E-state index contributed by atoms with van der Waals surface area (Å²) >= 11 is 0. The number of fused-ring (bicyclic) bond motifs is 1. The molecule has 1 N–H and O–H groups in total. The van der Waals surface area contributed by atoms with Crippen molar-refractivity contribution >= 4 is 17.0 Å². The zero-order valence-electron chi connectivity index (χ0n) is 11.8. The van der Waals surface area contributed by atoms with E-state index in [1.165, 1.54) is 38.5 Å². The van der Waals surface area contributed by atoms with Crippen LogP contribution in [0.25, 0.3) is 10.8 Å². The summed E-state index contributed by atoms with van der Waals surface area (Å²) in [5.41, 5.74) is 0.854. The lowest BCUT2D eigenvalue weighted by Crippen LogP contribution is -2.02. The van der Waals surface area contributed by atoms with Gasteiger partial charge >= 0.3 is 0 Å². The van der Waals surface area contributed by atoms with E-state index in [1.807, 2.05) is 30.5 Å². The van der Waals surface area contributed by atoms with Crippen molar-refractivity contribution in [2.45, 2.75) is 44.6 Å². The Morgan fingerprint density at radius 2 is 1.70 bits per heavy atom. The van der Waals surface area contributed by atoms with Gasteiger partial charge in [-0.25, -0.2) is 0 Å². The highest BCUT2D eigenvalue weighted by atomic mass is 16.3. The highest BCUT2D eigenvalue weighted by Gasteiger charge is 2.11. The first-order chi connectivity index (χ1) is 9.84. The molecule has 0 unspecified atom stereocenters. The maximum Gasteiger partial charge on any atom is 0.124 e. The fourth-order valence-corrected chi connectivity index (χ4v) is 3.01. The SMILES string of the molecule is Oc1ccc2ccccc2c1C=NC1CCCCCC1. The summed E-state index contributed by atoms with van der Waals surface area (Å²) in [5.74, 6) is 0.320. The van der Waals surface area contributed by atoms with Crippen molar-refractivity contribution in [3.63, 3.8) is 0 Å². The number of hydrogen-bond donors (Lipinski definition) is 1. The van der Waals surface area contributed by atoms with Crippen LogP contribution in [0, 0.1) is 0 Å². The van der Waals surface area contributed by atoms with E-state index in [0.29, 0.717) is 11.8 Å². The monoisotopic (exact) mass is 267 g/mol. The van der Waals surface area contributed by atoms with E-state index >= 15 is 0 Å². The molecule has 3 rings (SSSR count). The van der Waals surface area contributed by atoms with Crippen molar-refractivity contribution < 1.29 is 5.11 Å². The van der Waals surface area contributed by atoms with Gasteiger partial charge in [0, 0.05) is 17.8 Å². The summed E-state index contributed by atoms with van der Waals surface area (Å²) in [5, 5.41) is 12.3. The molecule has 0 radical (unpaired) electrons. The maximum atomic E-state index is 10.1. The normalized spacial score (nSPS) is 17.6. The lowest BCUT2D eigenvalue weighted by atomic mass is 10.0. The lowest BCUT2D eigenvalue weighted by molar-refractivity contribution is 0.475. The Morgan fingerprint density at radius 3 is 2.50 bits per heavy atom. The molecule has 0 atom stereocenters. The Morgan fingerprint density at radius 1 is 0.950 bits per heavy atom. The minimum Gasteiger partial charge on any atom is -0.507 e. The quantitative estimate of drug-likeness (QED) is 0.621. The molecule has 2 heteroatoms. The van der Waals surface area contributed by atoms with E-state index in [1.54, 1.807) is 6.07 Å². The molecule has 104 valence electrons. The minimum atomic E-state index is 0.320. The van der Waals surface area contributed by atoms with Gasteiger partial charge in [0.15, 0.2) is 0 Å². The first-order valence-electron chi connectivity index (χ1n) is 7.58. The van der Waals surface area contributed by atoms with Crippen LogP contribution in [-0.4, -0.2) is 17.4 Å². The Kier molecular flexibility index (Phi) is 4.00. The number of aliphatic imine (C=N–C) groups is 1. The van der Waals surface area contributed by atoms with Crippen molar-refractivity contribution in [1.29, 1.82) is 0 Å². The topological polar surface area (TPSA) is 32.6 Å². The molecule has 0 heterocycles. The number of benzene rings is 2. The van der Waals surface area contributed by atoms with Gasteiger partial charge in [-0.2, -0.15) is 0 Å². The highest BCUT2D eigenvalue weighted by Crippen LogP contribution is 2.26. The largest absolute Gasteiger partial charge is 0.507 e. The molecule has 0 aromatic heterocycles. The molecule has 0 bridgehead atoms. The molecule has 0 amide bonds. The molecule has 1 aliphatic carbocycles. The summed E-state index contributed by atoms with van der Waals surface area (Å²) < 4.78 is 0. The van der Waals surface area contributed by atoms with E-state index in [4.69, 9.17) is 4.99 Å². The molecule has 0 saturated heterocycles. The van der Waals surface area contributed by atoms with Gasteiger partial charge in [-0.05, 0) is 29.7 Å². The fourth-order valence-electron chi connectivity index (χ4n) is 3.01. The third-order valence-electron chi connectivity index (χ3n) is 4.19. The van der Waals surface area contributed by atoms with E-state index in [-0.39, 0.29) is 0 Å². The Balaban J connectivity index is 1.91. The summed E-state index contributed by atoms with van der Waals surface area (Å²) in [7, 11) is 0. The summed E-state index contributed by atoms with van der Waals surface area (Å²) in [6.45, 7) is 0.